The van der Waals surface area contributed by atoms with Gasteiger partial charge in [0.25, 0.3) is 0 Å². The first-order chi connectivity index (χ1) is 9.81. The molecule has 0 saturated carbocycles. The molecule has 0 fully saturated rings. The van der Waals surface area contributed by atoms with Gasteiger partial charge in [0.2, 0.25) is 5.88 Å². The quantitative estimate of drug-likeness (QED) is 0.699. The number of aryl methyl sites for hydroxylation is 2. The van der Waals surface area contributed by atoms with Crippen LogP contribution in [0.4, 0.5) is 0 Å². The molecule has 0 radical (unpaired) electrons. The van der Waals surface area contributed by atoms with Crippen molar-refractivity contribution < 1.29 is 4.74 Å². The molecule has 112 valence electrons. The minimum atomic E-state index is 0.0327. The molecule has 0 atom stereocenters. The molecule has 2 aromatic rings. The van der Waals surface area contributed by atoms with Gasteiger partial charge >= 0.3 is 0 Å². The molecule has 0 N–H and O–H groups in total. The second-order valence-corrected chi connectivity index (χ2v) is 7.16. The van der Waals surface area contributed by atoms with Crippen molar-refractivity contribution in [1.82, 2.24) is 4.98 Å². The van der Waals surface area contributed by atoms with Gasteiger partial charge in [-0.2, -0.15) is 0 Å². The van der Waals surface area contributed by atoms with E-state index in [2.05, 4.69) is 66.8 Å². The highest BCUT2D eigenvalue weighted by Gasteiger charge is 2.20. The van der Waals surface area contributed by atoms with Gasteiger partial charge < -0.3 is 4.74 Å². The summed E-state index contributed by atoms with van der Waals surface area (Å²) in [5.74, 6) is 1.51. The Labute approximate surface area is 135 Å². The van der Waals surface area contributed by atoms with E-state index in [1.165, 1.54) is 11.1 Å². The first kappa shape index (κ1) is 16.0. The first-order valence-corrected chi connectivity index (χ1v) is 8.04. The molecule has 0 unspecified atom stereocenters. The van der Waals surface area contributed by atoms with Gasteiger partial charge in [0.15, 0.2) is 0 Å². The van der Waals surface area contributed by atoms with E-state index in [-0.39, 0.29) is 5.41 Å². The number of nitrogens with zero attached hydrogens (tertiary/aromatic N) is 1. The molecule has 1 aromatic heterocycles. The van der Waals surface area contributed by atoms with Crippen molar-refractivity contribution in [2.45, 2.75) is 46.5 Å². The topological polar surface area (TPSA) is 22.1 Å². The minimum absolute atomic E-state index is 0.0327. The summed E-state index contributed by atoms with van der Waals surface area (Å²) < 4.78 is 7.03. The van der Waals surface area contributed by atoms with E-state index in [9.17, 15) is 0 Å². The van der Waals surface area contributed by atoms with Crippen LogP contribution in [0.1, 0.15) is 44.4 Å². The molecule has 2 rings (SSSR count). The van der Waals surface area contributed by atoms with Crippen molar-refractivity contribution in [3.05, 3.63) is 51.6 Å². The fraction of sp³-hybridized carbons (Fsp3) is 0.389. The number of hydrogen-bond donors (Lipinski definition) is 0. The predicted molar refractivity (Wildman–Crippen MR) is 91.3 cm³/mol. The van der Waals surface area contributed by atoms with Gasteiger partial charge in [0, 0.05) is 22.3 Å². The molecule has 3 heteroatoms. The number of benzene rings is 1. The smallest absolute Gasteiger partial charge is 0.219 e. The van der Waals surface area contributed by atoms with E-state index in [1.807, 2.05) is 13.0 Å². The number of aromatic nitrogens is 1. The van der Waals surface area contributed by atoms with Gasteiger partial charge in [-0.15, -0.1) is 0 Å². The van der Waals surface area contributed by atoms with Crippen LogP contribution in [0.15, 0.2) is 34.9 Å². The Morgan fingerprint density at radius 3 is 2.48 bits per heavy atom. The van der Waals surface area contributed by atoms with Crippen LogP contribution in [0.3, 0.4) is 0 Å². The molecule has 0 aliphatic carbocycles. The van der Waals surface area contributed by atoms with E-state index in [0.29, 0.717) is 5.88 Å². The third-order valence-corrected chi connectivity index (χ3v) is 4.33. The van der Waals surface area contributed by atoms with Crippen LogP contribution in [0.5, 0.6) is 11.6 Å². The van der Waals surface area contributed by atoms with Crippen LogP contribution >= 0.6 is 15.9 Å². The molecule has 0 aliphatic rings. The second-order valence-electron chi connectivity index (χ2n) is 6.31. The summed E-state index contributed by atoms with van der Waals surface area (Å²) in [4.78, 5) is 4.33. The summed E-state index contributed by atoms with van der Waals surface area (Å²) >= 11 is 3.46. The van der Waals surface area contributed by atoms with E-state index in [1.54, 1.807) is 6.20 Å². The number of halogens is 1. The van der Waals surface area contributed by atoms with E-state index in [4.69, 9.17) is 4.74 Å². The fourth-order valence-electron chi connectivity index (χ4n) is 2.15. The highest BCUT2D eigenvalue weighted by Crippen LogP contribution is 2.35. The Morgan fingerprint density at radius 2 is 1.90 bits per heavy atom. The molecule has 2 nitrogen and oxygen atoms in total. The lowest BCUT2D eigenvalue weighted by Crippen LogP contribution is -2.13. The Hall–Kier alpha value is -1.35. The van der Waals surface area contributed by atoms with Crippen molar-refractivity contribution in [3.63, 3.8) is 0 Å². The maximum absolute atomic E-state index is 6.04. The molecule has 0 amide bonds. The van der Waals surface area contributed by atoms with Gasteiger partial charge in [0.05, 0.1) is 0 Å². The van der Waals surface area contributed by atoms with Crippen LogP contribution in [-0.4, -0.2) is 4.98 Å². The normalized spacial score (nSPS) is 11.5. The summed E-state index contributed by atoms with van der Waals surface area (Å²) in [5, 5.41) is 0. The summed E-state index contributed by atoms with van der Waals surface area (Å²) in [5.41, 5.74) is 3.68. The third kappa shape index (κ3) is 3.85. The van der Waals surface area contributed by atoms with Crippen LogP contribution in [0.25, 0.3) is 0 Å². The van der Waals surface area contributed by atoms with Crippen molar-refractivity contribution >= 4 is 15.9 Å². The SMILES string of the molecule is CCc1ccc(Oc2cc(C)c(Br)cn2)c(C(C)(C)C)c1. The van der Waals surface area contributed by atoms with Crippen molar-refractivity contribution in [2.24, 2.45) is 0 Å². The molecule has 1 heterocycles. The summed E-state index contributed by atoms with van der Waals surface area (Å²) in [7, 11) is 0. The largest absolute Gasteiger partial charge is 0.439 e. The molecule has 0 bridgehead atoms. The van der Waals surface area contributed by atoms with Crippen LogP contribution < -0.4 is 4.74 Å². The lowest BCUT2D eigenvalue weighted by Gasteiger charge is -2.23. The predicted octanol–water partition coefficient (Wildman–Crippen LogP) is 5.80. The third-order valence-electron chi connectivity index (χ3n) is 3.50. The van der Waals surface area contributed by atoms with Crippen molar-refractivity contribution in [1.29, 1.82) is 0 Å². The zero-order valence-corrected chi connectivity index (χ0v) is 14.9. The molecule has 0 spiro atoms. The highest BCUT2D eigenvalue weighted by molar-refractivity contribution is 9.10. The summed E-state index contributed by atoms with van der Waals surface area (Å²) in [6.45, 7) is 10.8. The maximum Gasteiger partial charge on any atom is 0.219 e. The van der Waals surface area contributed by atoms with Crippen molar-refractivity contribution in [2.75, 3.05) is 0 Å². The van der Waals surface area contributed by atoms with Gasteiger partial charge in [0.1, 0.15) is 5.75 Å². The van der Waals surface area contributed by atoms with E-state index < -0.39 is 0 Å². The van der Waals surface area contributed by atoms with Gasteiger partial charge in [-0.05, 0) is 51.9 Å². The molecular formula is C18H22BrNO. The van der Waals surface area contributed by atoms with Crippen LogP contribution in [0.2, 0.25) is 0 Å². The Morgan fingerprint density at radius 1 is 1.19 bits per heavy atom. The number of pyridine rings is 1. The minimum Gasteiger partial charge on any atom is -0.439 e. The standard InChI is InChI=1S/C18H22BrNO/c1-6-13-7-8-16(14(10-13)18(3,4)5)21-17-9-12(2)15(19)11-20-17/h7-11H,6H2,1-5H3. The lowest BCUT2D eigenvalue weighted by molar-refractivity contribution is 0.439. The Bertz CT molecular complexity index is 644. The number of hydrogen-bond acceptors (Lipinski definition) is 2. The molecule has 1 aromatic carbocycles. The fourth-order valence-corrected chi connectivity index (χ4v) is 2.37. The van der Waals surface area contributed by atoms with Crippen LogP contribution in [-0.2, 0) is 11.8 Å². The van der Waals surface area contributed by atoms with E-state index >= 15 is 0 Å². The highest BCUT2D eigenvalue weighted by atomic mass is 79.9. The van der Waals surface area contributed by atoms with E-state index in [0.717, 1.165) is 22.2 Å². The first-order valence-electron chi connectivity index (χ1n) is 7.24. The Kier molecular flexibility index (Phi) is 4.72. The van der Waals surface area contributed by atoms with Gasteiger partial charge in [-0.25, -0.2) is 4.98 Å². The second kappa shape index (κ2) is 6.18. The molecule has 0 saturated heterocycles. The zero-order chi connectivity index (χ0) is 15.6. The zero-order valence-electron chi connectivity index (χ0n) is 13.3. The Balaban J connectivity index is 2.41. The average Bonchev–Trinajstić information content (AvgIpc) is 2.42. The molecular weight excluding hydrogens is 326 g/mol. The molecule has 21 heavy (non-hydrogen) atoms. The summed E-state index contributed by atoms with van der Waals surface area (Å²) in [6, 6.07) is 8.36. The number of rotatable bonds is 3. The monoisotopic (exact) mass is 347 g/mol. The lowest BCUT2D eigenvalue weighted by atomic mass is 9.85. The number of ether oxygens (including phenoxy) is 1. The average molecular weight is 348 g/mol. The summed E-state index contributed by atoms with van der Waals surface area (Å²) in [6.07, 6.45) is 2.81. The molecule has 0 aliphatic heterocycles. The van der Waals surface area contributed by atoms with Crippen molar-refractivity contribution in [3.8, 4) is 11.6 Å². The van der Waals surface area contributed by atoms with Gasteiger partial charge in [-0.1, -0.05) is 39.8 Å². The van der Waals surface area contributed by atoms with Crippen LogP contribution in [0, 0.1) is 6.92 Å². The maximum atomic E-state index is 6.04. The van der Waals surface area contributed by atoms with Gasteiger partial charge in [-0.3, -0.25) is 0 Å².